The van der Waals surface area contributed by atoms with E-state index in [-0.39, 0.29) is 18.0 Å². The fourth-order valence-electron chi connectivity index (χ4n) is 3.40. The fraction of sp³-hybridized carbons (Fsp3) is 0.471. The van der Waals surface area contributed by atoms with Crippen molar-refractivity contribution in [1.82, 2.24) is 14.1 Å². The number of ether oxygens (including phenoxy) is 1. The average molecular weight is 367 g/mol. The van der Waals surface area contributed by atoms with Gasteiger partial charge in [-0.25, -0.2) is 12.8 Å². The monoisotopic (exact) mass is 367 g/mol. The quantitative estimate of drug-likeness (QED) is 0.835. The maximum atomic E-state index is 13.4. The van der Waals surface area contributed by atoms with Crippen LogP contribution in [-0.4, -0.2) is 42.3 Å². The number of sulfonamides is 1. The Morgan fingerprint density at radius 1 is 1.28 bits per heavy atom. The Hall–Kier alpha value is -1.77. The highest BCUT2D eigenvalue weighted by molar-refractivity contribution is 7.89. The van der Waals surface area contributed by atoms with Gasteiger partial charge >= 0.3 is 0 Å². The lowest BCUT2D eigenvalue weighted by Gasteiger charge is -2.35. The molecule has 0 spiro atoms. The summed E-state index contributed by atoms with van der Waals surface area (Å²) >= 11 is 0. The molecule has 1 aromatic carbocycles. The van der Waals surface area contributed by atoms with Gasteiger partial charge in [0.1, 0.15) is 5.82 Å². The van der Waals surface area contributed by atoms with Crippen molar-refractivity contribution in [2.45, 2.75) is 31.7 Å². The molecule has 2 heterocycles. The smallest absolute Gasteiger partial charge is 0.244 e. The molecule has 2 aromatic rings. The molecule has 6 nitrogen and oxygen atoms in total. The number of rotatable bonds is 3. The molecule has 25 heavy (non-hydrogen) atoms. The number of nitrogens with zero attached hydrogens (tertiary/aromatic N) is 3. The Morgan fingerprint density at radius 3 is 2.60 bits per heavy atom. The number of aromatic nitrogens is 2. The number of halogens is 1. The molecule has 3 rings (SSSR count). The van der Waals surface area contributed by atoms with Gasteiger partial charge in [-0.2, -0.15) is 9.40 Å². The third-order valence-electron chi connectivity index (χ3n) is 4.70. The van der Waals surface area contributed by atoms with Crippen molar-refractivity contribution in [3.05, 3.63) is 46.5 Å². The van der Waals surface area contributed by atoms with Crippen molar-refractivity contribution < 1.29 is 17.5 Å². The lowest BCUT2D eigenvalue weighted by atomic mass is 10.0. The van der Waals surface area contributed by atoms with Gasteiger partial charge in [-0.15, -0.1) is 0 Å². The van der Waals surface area contributed by atoms with Crippen LogP contribution in [-0.2, 0) is 21.8 Å². The molecule has 1 atom stereocenters. The van der Waals surface area contributed by atoms with Gasteiger partial charge in [0.25, 0.3) is 0 Å². The minimum absolute atomic E-state index is 0.125. The highest BCUT2D eigenvalue weighted by atomic mass is 32.2. The third kappa shape index (κ3) is 3.09. The normalized spacial score (nSPS) is 19.3. The molecule has 1 aliphatic heterocycles. The minimum Gasteiger partial charge on any atom is -0.378 e. The summed E-state index contributed by atoms with van der Waals surface area (Å²) in [6.45, 7) is 6.23. The van der Waals surface area contributed by atoms with Crippen LogP contribution in [0.25, 0.3) is 0 Å². The molecule has 0 saturated carbocycles. The van der Waals surface area contributed by atoms with Gasteiger partial charge in [0.05, 0.1) is 29.8 Å². The average Bonchev–Trinajstić information content (AvgIpc) is 2.79. The van der Waals surface area contributed by atoms with E-state index in [9.17, 15) is 12.8 Å². The first-order chi connectivity index (χ1) is 11.7. The van der Waals surface area contributed by atoms with Crippen LogP contribution >= 0.6 is 0 Å². The van der Waals surface area contributed by atoms with Crippen molar-refractivity contribution in [2.24, 2.45) is 7.05 Å². The van der Waals surface area contributed by atoms with Gasteiger partial charge < -0.3 is 4.74 Å². The van der Waals surface area contributed by atoms with E-state index in [0.29, 0.717) is 12.2 Å². The molecule has 0 radical (unpaired) electrons. The van der Waals surface area contributed by atoms with Crippen LogP contribution in [0.5, 0.6) is 0 Å². The number of hydrogen-bond acceptors (Lipinski definition) is 4. The summed E-state index contributed by atoms with van der Waals surface area (Å²) in [7, 11) is -1.95. The number of aryl methyl sites for hydroxylation is 3. The molecule has 1 aromatic heterocycles. The minimum atomic E-state index is -3.78. The maximum Gasteiger partial charge on any atom is 0.244 e. The van der Waals surface area contributed by atoms with Crippen molar-refractivity contribution in [1.29, 1.82) is 0 Å². The summed E-state index contributed by atoms with van der Waals surface area (Å²) in [6.07, 6.45) is 0. The van der Waals surface area contributed by atoms with Crippen LogP contribution < -0.4 is 0 Å². The van der Waals surface area contributed by atoms with Crippen molar-refractivity contribution in [3.8, 4) is 0 Å². The largest absolute Gasteiger partial charge is 0.378 e. The van der Waals surface area contributed by atoms with Gasteiger partial charge in [-0.1, -0.05) is 0 Å². The lowest BCUT2D eigenvalue weighted by molar-refractivity contribution is 0.0316. The zero-order valence-corrected chi connectivity index (χ0v) is 15.6. The van der Waals surface area contributed by atoms with Gasteiger partial charge in [-0.3, -0.25) is 4.68 Å². The number of morpholine rings is 1. The van der Waals surface area contributed by atoms with E-state index in [1.54, 1.807) is 11.6 Å². The van der Waals surface area contributed by atoms with Crippen LogP contribution in [0.4, 0.5) is 4.39 Å². The molecular weight excluding hydrogens is 345 g/mol. The highest BCUT2D eigenvalue weighted by Gasteiger charge is 2.38. The summed E-state index contributed by atoms with van der Waals surface area (Å²) in [5, 5.41) is 4.39. The van der Waals surface area contributed by atoms with E-state index >= 15 is 0 Å². The Balaban J connectivity index is 2.09. The third-order valence-corrected chi connectivity index (χ3v) is 6.77. The van der Waals surface area contributed by atoms with Gasteiger partial charge in [0, 0.05) is 24.8 Å². The molecule has 1 saturated heterocycles. The van der Waals surface area contributed by atoms with Crippen LogP contribution in [0.2, 0.25) is 0 Å². The van der Waals surface area contributed by atoms with E-state index in [2.05, 4.69) is 5.10 Å². The van der Waals surface area contributed by atoms with Crippen molar-refractivity contribution in [2.75, 3.05) is 19.8 Å². The van der Waals surface area contributed by atoms with E-state index in [0.717, 1.165) is 17.0 Å². The predicted molar refractivity (Wildman–Crippen MR) is 91.3 cm³/mol. The Morgan fingerprint density at radius 2 is 2.00 bits per heavy atom. The first-order valence-electron chi connectivity index (χ1n) is 8.09. The predicted octanol–water partition coefficient (Wildman–Crippen LogP) is 2.25. The molecule has 0 N–H and O–H groups in total. The Bertz CT molecular complexity index is 908. The molecule has 0 unspecified atom stereocenters. The molecule has 8 heteroatoms. The summed E-state index contributed by atoms with van der Waals surface area (Å²) in [5.74, 6) is -0.450. The molecule has 1 fully saturated rings. The van der Waals surface area contributed by atoms with E-state index < -0.39 is 21.9 Å². The van der Waals surface area contributed by atoms with Crippen LogP contribution in [0.15, 0.2) is 23.1 Å². The van der Waals surface area contributed by atoms with Gasteiger partial charge in [0.2, 0.25) is 10.0 Å². The Labute approximate surface area is 147 Å². The molecule has 0 bridgehead atoms. The first-order valence-corrected chi connectivity index (χ1v) is 9.53. The second-order valence-corrected chi connectivity index (χ2v) is 8.18. The van der Waals surface area contributed by atoms with Crippen LogP contribution in [0.1, 0.15) is 28.6 Å². The molecule has 1 aliphatic rings. The number of benzene rings is 1. The molecular formula is C17H22FN3O3S. The topological polar surface area (TPSA) is 64.4 Å². The first kappa shape index (κ1) is 18.0. The van der Waals surface area contributed by atoms with E-state index in [1.165, 1.54) is 22.5 Å². The summed E-state index contributed by atoms with van der Waals surface area (Å²) < 4.78 is 48.7. The summed E-state index contributed by atoms with van der Waals surface area (Å²) in [4.78, 5) is 0.125. The number of hydrogen-bond donors (Lipinski definition) is 0. The van der Waals surface area contributed by atoms with E-state index in [4.69, 9.17) is 4.74 Å². The van der Waals surface area contributed by atoms with Gasteiger partial charge in [-0.05, 0) is 44.5 Å². The zero-order valence-electron chi connectivity index (χ0n) is 14.8. The van der Waals surface area contributed by atoms with Crippen molar-refractivity contribution in [3.63, 3.8) is 0 Å². The van der Waals surface area contributed by atoms with Crippen molar-refractivity contribution >= 4 is 10.0 Å². The highest BCUT2D eigenvalue weighted by Crippen LogP contribution is 2.34. The zero-order chi connectivity index (χ0) is 18.4. The van der Waals surface area contributed by atoms with Crippen LogP contribution in [0.3, 0.4) is 0 Å². The maximum absolute atomic E-state index is 13.4. The second kappa shape index (κ2) is 6.51. The molecule has 0 amide bonds. The molecule has 0 aliphatic carbocycles. The standard InChI is InChI=1S/C17H22FN3O3S/c1-11-9-14(18)5-6-16(11)25(22,23)21-7-8-24-10-15(21)17-12(2)19-20(4)13(17)3/h5-6,9,15H,7-8,10H2,1-4H3/t15-/m1/s1. The summed E-state index contributed by atoms with van der Waals surface area (Å²) in [6, 6.07) is 3.30. The van der Waals surface area contributed by atoms with Gasteiger partial charge in [0.15, 0.2) is 0 Å². The molecule has 136 valence electrons. The second-order valence-electron chi connectivity index (χ2n) is 6.32. The lowest BCUT2D eigenvalue weighted by Crippen LogP contribution is -2.43. The fourth-order valence-corrected chi connectivity index (χ4v) is 5.18. The summed E-state index contributed by atoms with van der Waals surface area (Å²) in [5.41, 5.74) is 2.95. The van der Waals surface area contributed by atoms with E-state index in [1.807, 2.05) is 20.9 Å². The van der Waals surface area contributed by atoms with Crippen LogP contribution in [0, 0.1) is 26.6 Å². The Kier molecular flexibility index (Phi) is 4.70. The SMILES string of the molecule is Cc1cc(F)ccc1S(=O)(=O)N1CCOC[C@@H]1c1c(C)nn(C)c1C.